The van der Waals surface area contributed by atoms with Crippen molar-refractivity contribution in [2.45, 2.75) is 25.9 Å². The zero-order valence-corrected chi connectivity index (χ0v) is 10.7. The van der Waals surface area contributed by atoms with E-state index in [4.69, 9.17) is 14.7 Å². The Balaban J connectivity index is 2.51. The second-order valence-electron chi connectivity index (χ2n) is 4.01. The number of hydrogen-bond donors (Lipinski definition) is 0. The van der Waals surface area contributed by atoms with Gasteiger partial charge in [0.25, 0.3) is 0 Å². The summed E-state index contributed by atoms with van der Waals surface area (Å²) in [6.45, 7) is 2.25. The van der Waals surface area contributed by atoms with Crippen molar-refractivity contribution in [3.8, 4) is 6.07 Å². The number of methoxy groups -OCH3 is 1. The lowest BCUT2D eigenvalue weighted by Gasteiger charge is -2.09. The molecule has 96 valence electrons. The highest BCUT2D eigenvalue weighted by molar-refractivity contribution is 5.89. The van der Waals surface area contributed by atoms with Crippen LogP contribution < -0.4 is 0 Å². The van der Waals surface area contributed by atoms with Crippen LogP contribution in [-0.4, -0.2) is 25.8 Å². The molecular formula is C14H17NO3. The lowest BCUT2D eigenvalue weighted by molar-refractivity contribution is 0.0391. The van der Waals surface area contributed by atoms with Gasteiger partial charge in [0.05, 0.1) is 30.8 Å². The summed E-state index contributed by atoms with van der Waals surface area (Å²) in [5, 5.41) is 8.60. The van der Waals surface area contributed by atoms with Gasteiger partial charge in [0, 0.05) is 13.5 Å². The molecule has 1 unspecified atom stereocenters. The van der Waals surface area contributed by atoms with E-state index in [1.807, 2.05) is 19.1 Å². The van der Waals surface area contributed by atoms with Crippen LogP contribution in [-0.2, 0) is 15.9 Å². The van der Waals surface area contributed by atoms with E-state index in [0.29, 0.717) is 25.0 Å². The van der Waals surface area contributed by atoms with Crippen LogP contribution in [0.4, 0.5) is 0 Å². The Labute approximate surface area is 107 Å². The maximum atomic E-state index is 11.7. The molecule has 0 aliphatic heterocycles. The SMILES string of the molecule is COC(C)CCOC(=O)c1cccc(CC#N)c1. The number of carbonyl (C=O) groups excluding carboxylic acids is 1. The second-order valence-corrected chi connectivity index (χ2v) is 4.01. The van der Waals surface area contributed by atoms with Gasteiger partial charge in [0.2, 0.25) is 0 Å². The summed E-state index contributed by atoms with van der Waals surface area (Å²) in [5.74, 6) is -0.363. The molecule has 1 atom stereocenters. The van der Waals surface area contributed by atoms with Gasteiger partial charge in [-0.25, -0.2) is 4.79 Å². The first-order chi connectivity index (χ1) is 8.67. The third kappa shape index (κ3) is 4.56. The van der Waals surface area contributed by atoms with Crippen molar-refractivity contribution in [3.63, 3.8) is 0 Å². The Kier molecular flexibility index (Phi) is 5.89. The highest BCUT2D eigenvalue weighted by atomic mass is 16.5. The maximum absolute atomic E-state index is 11.7. The molecule has 18 heavy (non-hydrogen) atoms. The number of hydrogen-bond acceptors (Lipinski definition) is 4. The fourth-order valence-corrected chi connectivity index (χ4v) is 1.42. The Bertz CT molecular complexity index is 437. The highest BCUT2D eigenvalue weighted by Gasteiger charge is 2.08. The van der Waals surface area contributed by atoms with Crippen molar-refractivity contribution in [3.05, 3.63) is 35.4 Å². The molecule has 1 aromatic rings. The van der Waals surface area contributed by atoms with Gasteiger partial charge in [0.15, 0.2) is 0 Å². The molecule has 0 radical (unpaired) electrons. The van der Waals surface area contributed by atoms with Crippen molar-refractivity contribution >= 4 is 5.97 Å². The van der Waals surface area contributed by atoms with E-state index >= 15 is 0 Å². The Morgan fingerprint density at radius 1 is 1.50 bits per heavy atom. The molecule has 1 aromatic carbocycles. The summed E-state index contributed by atoms with van der Waals surface area (Å²) >= 11 is 0. The van der Waals surface area contributed by atoms with E-state index in [-0.39, 0.29) is 12.1 Å². The monoisotopic (exact) mass is 247 g/mol. The van der Waals surface area contributed by atoms with Crippen molar-refractivity contribution in [1.82, 2.24) is 0 Å². The van der Waals surface area contributed by atoms with Crippen molar-refractivity contribution in [1.29, 1.82) is 5.26 Å². The van der Waals surface area contributed by atoms with Crippen molar-refractivity contribution < 1.29 is 14.3 Å². The lowest BCUT2D eigenvalue weighted by Crippen LogP contribution is -2.12. The Morgan fingerprint density at radius 3 is 2.94 bits per heavy atom. The minimum absolute atomic E-state index is 0.0720. The first-order valence-electron chi connectivity index (χ1n) is 5.83. The number of benzene rings is 1. The molecule has 0 bridgehead atoms. The van der Waals surface area contributed by atoms with Gasteiger partial charge in [-0.3, -0.25) is 0 Å². The largest absolute Gasteiger partial charge is 0.462 e. The molecule has 0 heterocycles. The molecule has 0 aliphatic carbocycles. The molecular weight excluding hydrogens is 230 g/mol. The first kappa shape index (κ1) is 14.2. The van der Waals surface area contributed by atoms with Gasteiger partial charge >= 0.3 is 5.97 Å². The Hall–Kier alpha value is -1.86. The van der Waals surface area contributed by atoms with Crippen LogP contribution >= 0.6 is 0 Å². The normalized spacial score (nSPS) is 11.6. The average molecular weight is 247 g/mol. The number of nitriles is 1. The van der Waals surface area contributed by atoms with E-state index in [2.05, 4.69) is 0 Å². The van der Waals surface area contributed by atoms with Gasteiger partial charge in [-0.15, -0.1) is 0 Å². The van der Waals surface area contributed by atoms with Crippen LogP contribution in [0, 0.1) is 11.3 Å². The minimum atomic E-state index is -0.363. The number of esters is 1. The summed E-state index contributed by atoms with van der Waals surface area (Å²) in [6.07, 6.45) is 1.03. The molecule has 4 nitrogen and oxygen atoms in total. The summed E-state index contributed by atoms with van der Waals surface area (Å²) in [4.78, 5) is 11.7. The van der Waals surface area contributed by atoms with E-state index < -0.39 is 0 Å². The van der Waals surface area contributed by atoms with Gasteiger partial charge in [-0.1, -0.05) is 12.1 Å². The fraction of sp³-hybridized carbons (Fsp3) is 0.429. The summed E-state index contributed by atoms with van der Waals surface area (Å²) in [7, 11) is 1.62. The van der Waals surface area contributed by atoms with Gasteiger partial charge in [0.1, 0.15) is 0 Å². The number of nitrogens with zero attached hydrogens (tertiary/aromatic N) is 1. The Morgan fingerprint density at radius 2 is 2.28 bits per heavy atom. The van der Waals surface area contributed by atoms with Crippen LogP contribution in [0.25, 0.3) is 0 Å². The molecule has 1 rings (SSSR count). The highest BCUT2D eigenvalue weighted by Crippen LogP contribution is 2.08. The maximum Gasteiger partial charge on any atom is 0.338 e. The molecule has 0 saturated heterocycles. The van der Waals surface area contributed by atoms with E-state index in [1.54, 1.807) is 25.3 Å². The average Bonchev–Trinajstić information content (AvgIpc) is 2.39. The van der Waals surface area contributed by atoms with E-state index in [0.717, 1.165) is 5.56 Å². The number of ether oxygens (including phenoxy) is 2. The first-order valence-corrected chi connectivity index (χ1v) is 5.83. The van der Waals surface area contributed by atoms with Crippen LogP contribution in [0.1, 0.15) is 29.3 Å². The van der Waals surface area contributed by atoms with Gasteiger partial charge in [-0.05, 0) is 24.6 Å². The predicted octanol–water partition coefficient (Wildman–Crippen LogP) is 2.33. The summed E-state index contributed by atoms with van der Waals surface area (Å²) < 4.78 is 10.2. The topological polar surface area (TPSA) is 59.3 Å². The van der Waals surface area contributed by atoms with E-state index in [9.17, 15) is 4.79 Å². The number of rotatable bonds is 6. The third-order valence-electron chi connectivity index (χ3n) is 2.61. The van der Waals surface area contributed by atoms with Crippen LogP contribution in [0.15, 0.2) is 24.3 Å². The molecule has 0 amide bonds. The molecule has 0 N–H and O–H groups in total. The zero-order valence-electron chi connectivity index (χ0n) is 10.7. The second kappa shape index (κ2) is 7.46. The standard InChI is InChI=1S/C14H17NO3/c1-11(17-2)7-9-18-14(16)13-5-3-4-12(10-13)6-8-15/h3-5,10-11H,6-7,9H2,1-2H3. The molecule has 0 aliphatic rings. The number of carbonyl (C=O) groups is 1. The van der Waals surface area contributed by atoms with Crippen LogP contribution in [0.2, 0.25) is 0 Å². The quantitative estimate of drug-likeness (QED) is 0.724. The summed E-state index contributed by atoms with van der Waals surface area (Å²) in [6, 6.07) is 8.98. The van der Waals surface area contributed by atoms with Gasteiger partial charge < -0.3 is 9.47 Å². The van der Waals surface area contributed by atoms with Crippen LogP contribution in [0.3, 0.4) is 0 Å². The predicted molar refractivity (Wildman–Crippen MR) is 67.1 cm³/mol. The smallest absolute Gasteiger partial charge is 0.338 e. The molecule has 0 fully saturated rings. The molecule has 0 saturated carbocycles. The van der Waals surface area contributed by atoms with Crippen LogP contribution in [0.5, 0.6) is 0 Å². The fourth-order valence-electron chi connectivity index (χ4n) is 1.42. The van der Waals surface area contributed by atoms with Crippen molar-refractivity contribution in [2.75, 3.05) is 13.7 Å². The lowest BCUT2D eigenvalue weighted by atomic mass is 10.1. The minimum Gasteiger partial charge on any atom is -0.462 e. The molecule has 0 aromatic heterocycles. The summed E-state index contributed by atoms with van der Waals surface area (Å²) in [5.41, 5.74) is 1.30. The molecule has 4 heteroatoms. The van der Waals surface area contributed by atoms with Crippen molar-refractivity contribution in [2.24, 2.45) is 0 Å². The van der Waals surface area contributed by atoms with Gasteiger partial charge in [-0.2, -0.15) is 5.26 Å². The van der Waals surface area contributed by atoms with E-state index in [1.165, 1.54) is 0 Å². The zero-order chi connectivity index (χ0) is 13.4. The third-order valence-corrected chi connectivity index (χ3v) is 2.61. The molecule has 0 spiro atoms.